The van der Waals surface area contributed by atoms with E-state index >= 15 is 0 Å². The number of anilines is 1. The number of hydrogen-bond donors (Lipinski definition) is 1. The molecule has 1 heterocycles. The van der Waals surface area contributed by atoms with Gasteiger partial charge in [0.25, 0.3) is 0 Å². The average molecular weight is 203 g/mol. The van der Waals surface area contributed by atoms with Gasteiger partial charge in [0.1, 0.15) is 5.82 Å². The molecular formula is C12H17N3. The largest absolute Gasteiger partial charge is 0.345 e. The van der Waals surface area contributed by atoms with Crippen LogP contribution < -0.4 is 10.6 Å². The molecule has 2 N–H and O–H groups in total. The molecule has 1 aromatic rings. The van der Waals surface area contributed by atoms with E-state index in [-0.39, 0.29) is 6.04 Å². The van der Waals surface area contributed by atoms with Crippen LogP contribution in [-0.2, 0) is 0 Å². The molecule has 0 aliphatic heterocycles. The predicted octanol–water partition coefficient (Wildman–Crippen LogP) is 1.56. The number of nitrogens with zero attached hydrogens (tertiary/aromatic N) is 2. The van der Waals surface area contributed by atoms with E-state index in [9.17, 15) is 0 Å². The highest BCUT2D eigenvalue weighted by atomic mass is 15.2. The summed E-state index contributed by atoms with van der Waals surface area (Å²) in [7, 11) is 0. The lowest BCUT2D eigenvalue weighted by molar-refractivity contribution is 0.787. The lowest BCUT2D eigenvalue weighted by Gasteiger charge is -2.23. The molecule has 0 aliphatic rings. The molecule has 0 aromatic carbocycles. The van der Waals surface area contributed by atoms with Crippen LogP contribution in [0.2, 0.25) is 0 Å². The molecule has 0 aliphatic carbocycles. The summed E-state index contributed by atoms with van der Waals surface area (Å²) < 4.78 is 0. The average Bonchev–Trinajstić information content (AvgIpc) is 2.26. The van der Waals surface area contributed by atoms with Crippen LogP contribution in [0.4, 0.5) is 5.82 Å². The van der Waals surface area contributed by atoms with E-state index < -0.39 is 0 Å². The van der Waals surface area contributed by atoms with Crippen molar-refractivity contribution in [2.45, 2.75) is 19.9 Å². The summed E-state index contributed by atoms with van der Waals surface area (Å²) in [5, 5.41) is 0. The van der Waals surface area contributed by atoms with Crippen LogP contribution in [0, 0.1) is 12.3 Å². The van der Waals surface area contributed by atoms with Crippen LogP contribution in [-0.4, -0.2) is 18.1 Å². The Bertz CT molecular complexity index is 352. The molecule has 0 fully saturated rings. The lowest BCUT2D eigenvalue weighted by Crippen LogP contribution is -2.26. The van der Waals surface area contributed by atoms with Crippen LogP contribution in [0.3, 0.4) is 0 Å². The van der Waals surface area contributed by atoms with Gasteiger partial charge >= 0.3 is 0 Å². The van der Waals surface area contributed by atoms with Gasteiger partial charge in [0.15, 0.2) is 0 Å². The van der Waals surface area contributed by atoms with Crippen molar-refractivity contribution in [3.8, 4) is 12.3 Å². The third-order valence-corrected chi connectivity index (χ3v) is 2.27. The van der Waals surface area contributed by atoms with Gasteiger partial charge in [-0.1, -0.05) is 12.0 Å². The Labute approximate surface area is 91.3 Å². The van der Waals surface area contributed by atoms with Gasteiger partial charge in [-0.05, 0) is 19.9 Å². The number of aromatic nitrogens is 1. The second-order valence-corrected chi connectivity index (χ2v) is 3.42. The Morgan fingerprint density at radius 1 is 1.67 bits per heavy atom. The maximum absolute atomic E-state index is 5.88. The van der Waals surface area contributed by atoms with E-state index in [1.807, 2.05) is 24.0 Å². The van der Waals surface area contributed by atoms with E-state index in [1.54, 1.807) is 6.20 Å². The summed E-state index contributed by atoms with van der Waals surface area (Å²) in [5.41, 5.74) is 6.92. The van der Waals surface area contributed by atoms with Crippen LogP contribution in [0.1, 0.15) is 25.5 Å². The molecule has 0 saturated heterocycles. The highest BCUT2D eigenvalue weighted by Gasteiger charge is 2.12. The van der Waals surface area contributed by atoms with Crippen LogP contribution in [0.25, 0.3) is 0 Å². The zero-order chi connectivity index (χ0) is 11.3. The first-order valence-corrected chi connectivity index (χ1v) is 5.09. The fraction of sp³-hybridized carbons (Fsp3) is 0.417. The lowest BCUT2D eigenvalue weighted by atomic mass is 10.1. The molecule has 1 aromatic heterocycles. The van der Waals surface area contributed by atoms with Crippen molar-refractivity contribution in [1.82, 2.24) is 4.98 Å². The van der Waals surface area contributed by atoms with Crippen LogP contribution in [0.15, 0.2) is 18.3 Å². The van der Waals surface area contributed by atoms with E-state index in [0.29, 0.717) is 6.54 Å². The first-order valence-electron chi connectivity index (χ1n) is 5.09. The Morgan fingerprint density at radius 2 is 2.40 bits per heavy atom. The SMILES string of the molecule is C#CCN(CC)c1ncccc1[C@@H](C)N. The fourth-order valence-corrected chi connectivity index (χ4v) is 1.48. The summed E-state index contributed by atoms with van der Waals surface area (Å²) in [6, 6.07) is 3.86. The summed E-state index contributed by atoms with van der Waals surface area (Å²) in [4.78, 5) is 6.38. The van der Waals surface area contributed by atoms with Gasteiger partial charge in [-0.3, -0.25) is 0 Å². The Morgan fingerprint density at radius 3 is 2.93 bits per heavy atom. The minimum absolute atomic E-state index is 0.0273. The van der Waals surface area contributed by atoms with Gasteiger partial charge in [0, 0.05) is 24.3 Å². The third-order valence-electron chi connectivity index (χ3n) is 2.27. The van der Waals surface area contributed by atoms with Gasteiger partial charge in [0.05, 0.1) is 6.54 Å². The Balaban J connectivity index is 3.06. The van der Waals surface area contributed by atoms with Crippen molar-refractivity contribution < 1.29 is 0 Å². The topological polar surface area (TPSA) is 42.2 Å². The highest BCUT2D eigenvalue weighted by Crippen LogP contribution is 2.21. The van der Waals surface area contributed by atoms with Crippen molar-refractivity contribution in [2.24, 2.45) is 5.73 Å². The molecule has 3 heteroatoms. The van der Waals surface area contributed by atoms with Crippen molar-refractivity contribution in [2.75, 3.05) is 18.0 Å². The summed E-state index contributed by atoms with van der Waals surface area (Å²) >= 11 is 0. The van der Waals surface area contributed by atoms with Gasteiger partial charge in [-0.15, -0.1) is 6.42 Å². The van der Waals surface area contributed by atoms with Crippen molar-refractivity contribution >= 4 is 5.82 Å². The normalized spacial score (nSPS) is 11.9. The van der Waals surface area contributed by atoms with Gasteiger partial charge in [-0.2, -0.15) is 0 Å². The zero-order valence-electron chi connectivity index (χ0n) is 9.27. The summed E-state index contributed by atoms with van der Waals surface area (Å²) in [5.74, 6) is 3.52. The van der Waals surface area contributed by atoms with Gasteiger partial charge in [-0.25, -0.2) is 4.98 Å². The molecule has 1 rings (SSSR count). The molecule has 0 bridgehead atoms. The number of terminal acetylenes is 1. The predicted molar refractivity (Wildman–Crippen MR) is 63.6 cm³/mol. The Hall–Kier alpha value is -1.53. The quantitative estimate of drug-likeness (QED) is 0.755. The monoisotopic (exact) mass is 203 g/mol. The minimum atomic E-state index is -0.0273. The van der Waals surface area contributed by atoms with E-state index in [1.165, 1.54) is 0 Å². The van der Waals surface area contributed by atoms with Gasteiger partial charge in [0.2, 0.25) is 0 Å². The van der Waals surface area contributed by atoms with E-state index in [0.717, 1.165) is 17.9 Å². The molecule has 0 unspecified atom stereocenters. The van der Waals surface area contributed by atoms with Crippen molar-refractivity contribution in [3.05, 3.63) is 23.9 Å². The van der Waals surface area contributed by atoms with Crippen molar-refractivity contribution in [1.29, 1.82) is 0 Å². The maximum atomic E-state index is 5.88. The first-order chi connectivity index (χ1) is 7.20. The molecule has 3 nitrogen and oxygen atoms in total. The molecule has 0 amide bonds. The second kappa shape index (κ2) is 5.38. The second-order valence-electron chi connectivity index (χ2n) is 3.42. The highest BCUT2D eigenvalue weighted by molar-refractivity contribution is 5.49. The standard InChI is InChI=1S/C12H17N3/c1-4-9-15(5-2)12-11(10(3)13)7-6-8-14-12/h1,6-8,10H,5,9,13H2,2-3H3/t10-/m1/s1. The maximum Gasteiger partial charge on any atom is 0.134 e. The van der Waals surface area contributed by atoms with Crippen LogP contribution >= 0.6 is 0 Å². The Kier molecular flexibility index (Phi) is 4.14. The van der Waals surface area contributed by atoms with Gasteiger partial charge < -0.3 is 10.6 Å². The number of hydrogen-bond acceptors (Lipinski definition) is 3. The molecule has 0 radical (unpaired) electrons. The van der Waals surface area contributed by atoms with E-state index in [4.69, 9.17) is 12.2 Å². The van der Waals surface area contributed by atoms with Crippen molar-refractivity contribution in [3.63, 3.8) is 0 Å². The summed E-state index contributed by atoms with van der Waals surface area (Å²) in [6.45, 7) is 5.40. The summed E-state index contributed by atoms with van der Waals surface area (Å²) in [6.07, 6.45) is 7.08. The number of pyridine rings is 1. The number of nitrogens with two attached hydrogens (primary N) is 1. The molecule has 15 heavy (non-hydrogen) atoms. The smallest absolute Gasteiger partial charge is 0.134 e. The number of rotatable bonds is 4. The first kappa shape index (κ1) is 11.5. The fourth-order valence-electron chi connectivity index (χ4n) is 1.48. The van der Waals surface area contributed by atoms with E-state index in [2.05, 4.69) is 17.8 Å². The molecular weight excluding hydrogens is 186 g/mol. The third kappa shape index (κ3) is 2.71. The molecule has 0 saturated carbocycles. The molecule has 1 atom stereocenters. The zero-order valence-corrected chi connectivity index (χ0v) is 9.27. The minimum Gasteiger partial charge on any atom is -0.345 e. The molecule has 80 valence electrons. The molecule has 0 spiro atoms. The van der Waals surface area contributed by atoms with Crippen LogP contribution in [0.5, 0.6) is 0 Å².